The van der Waals surface area contributed by atoms with Gasteiger partial charge in [0.2, 0.25) is 5.91 Å². The fraction of sp³-hybridized carbons (Fsp3) is 0.300. The van der Waals surface area contributed by atoms with Gasteiger partial charge in [0.1, 0.15) is 5.75 Å². The Kier molecular flexibility index (Phi) is 6.17. The van der Waals surface area contributed by atoms with Crippen molar-refractivity contribution in [1.29, 1.82) is 0 Å². The van der Waals surface area contributed by atoms with Crippen LogP contribution in [0, 0.1) is 13.8 Å². The number of benzene rings is 2. The fourth-order valence-electron chi connectivity index (χ4n) is 2.41. The molecule has 132 valence electrons. The molecule has 0 heterocycles. The van der Waals surface area contributed by atoms with E-state index in [1.807, 2.05) is 39.0 Å². The summed E-state index contributed by atoms with van der Waals surface area (Å²) in [6.07, 6.45) is -0.0464. The summed E-state index contributed by atoms with van der Waals surface area (Å²) in [6.45, 7) is 7.29. The fourth-order valence-corrected chi connectivity index (χ4v) is 2.41. The van der Waals surface area contributed by atoms with E-state index in [1.165, 1.54) is 6.92 Å². The van der Waals surface area contributed by atoms with Gasteiger partial charge in [-0.15, -0.1) is 0 Å². The van der Waals surface area contributed by atoms with Gasteiger partial charge in [-0.3, -0.25) is 9.59 Å². The second-order valence-corrected chi connectivity index (χ2v) is 6.03. The summed E-state index contributed by atoms with van der Waals surface area (Å²) in [5.41, 5.74) is 3.32. The van der Waals surface area contributed by atoms with Crippen molar-refractivity contribution in [2.24, 2.45) is 0 Å². The molecule has 2 amide bonds. The molecular formula is C20H24N2O3. The summed E-state index contributed by atoms with van der Waals surface area (Å²) in [4.78, 5) is 23.7. The lowest BCUT2D eigenvalue weighted by Crippen LogP contribution is -2.32. The number of amides is 2. The Morgan fingerprint density at radius 1 is 1.04 bits per heavy atom. The van der Waals surface area contributed by atoms with Crippen LogP contribution in [0.25, 0.3) is 0 Å². The lowest BCUT2D eigenvalue weighted by molar-refractivity contribution is -0.122. The first kappa shape index (κ1) is 18.5. The van der Waals surface area contributed by atoms with Gasteiger partial charge in [-0.05, 0) is 55.7 Å². The number of anilines is 2. The molecule has 25 heavy (non-hydrogen) atoms. The highest BCUT2D eigenvalue weighted by Crippen LogP contribution is 2.22. The lowest BCUT2D eigenvalue weighted by atomic mass is 10.1. The first-order valence-corrected chi connectivity index (χ1v) is 8.31. The molecule has 0 unspecified atom stereocenters. The molecule has 0 fully saturated rings. The van der Waals surface area contributed by atoms with Gasteiger partial charge in [0.25, 0.3) is 5.91 Å². The van der Waals surface area contributed by atoms with Gasteiger partial charge >= 0.3 is 0 Å². The average Bonchev–Trinajstić information content (AvgIpc) is 2.55. The minimum Gasteiger partial charge on any atom is -0.480 e. The van der Waals surface area contributed by atoms with Crippen LogP contribution >= 0.6 is 0 Å². The molecule has 5 nitrogen and oxygen atoms in total. The van der Waals surface area contributed by atoms with Crippen LogP contribution in [0.15, 0.2) is 42.5 Å². The van der Waals surface area contributed by atoms with Crippen molar-refractivity contribution in [2.75, 3.05) is 10.6 Å². The van der Waals surface area contributed by atoms with Gasteiger partial charge in [-0.1, -0.05) is 25.1 Å². The molecule has 0 spiro atoms. The zero-order chi connectivity index (χ0) is 18.4. The minimum atomic E-state index is -0.593. The maximum Gasteiger partial charge on any atom is 0.265 e. The number of aryl methyl sites for hydroxylation is 2. The van der Waals surface area contributed by atoms with Crippen LogP contribution in [-0.2, 0) is 9.59 Å². The second-order valence-electron chi connectivity index (χ2n) is 6.03. The lowest BCUT2D eigenvalue weighted by Gasteiger charge is -2.19. The molecule has 0 aliphatic heterocycles. The Balaban J connectivity index is 2.09. The van der Waals surface area contributed by atoms with Crippen LogP contribution in [0.4, 0.5) is 11.4 Å². The number of hydrogen-bond donors (Lipinski definition) is 2. The van der Waals surface area contributed by atoms with Crippen LogP contribution in [0.3, 0.4) is 0 Å². The molecule has 5 heteroatoms. The highest BCUT2D eigenvalue weighted by atomic mass is 16.5. The highest BCUT2D eigenvalue weighted by Gasteiger charge is 2.19. The largest absolute Gasteiger partial charge is 0.480 e. The zero-order valence-electron chi connectivity index (χ0n) is 15.1. The number of rotatable bonds is 6. The Hall–Kier alpha value is -2.82. The molecule has 0 radical (unpaired) electrons. The second kappa shape index (κ2) is 8.33. The molecule has 0 aliphatic carbocycles. The third-order valence-electron chi connectivity index (χ3n) is 3.73. The summed E-state index contributed by atoms with van der Waals surface area (Å²) in [6, 6.07) is 12.9. The van der Waals surface area contributed by atoms with E-state index in [0.29, 0.717) is 23.5 Å². The monoisotopic (exact) mass is 340 g/mol. The molecule has 0 saturated heterocycles. The Bertz CT molecular complexity index is 771. The summed E-state index contributed by atoms with van der Waals surface area (Å²) in [5.74, 6) is 0.338. The molecule has 2 aromatic rings. The molecule has 0 bridgehead atoms. The topological polar surface area (TPSA) is 67.4 Å². The predicted octanol–water partition coefficient (Wildman–Crippen LogP) is 4.06. The summed E-state index contributed by atoms with van der Waals surface area (Å²) < 4.78 is 5.92. The maximum absolute atomic E-state index is 12.6. The molecule has 0 aromatic heterocycles. The summed E-state index contributed by atoms with van der Waals surface area (Å²) >= 11 is 0. The smallest absolute Gasteiger partial charge is 0.265 e. The van der Waals surface area contributed by atoms with Gasteiger partial charge in [-0.25, -0.2) is 0 Å². The van der Waals surface area contributed by atoms with Gasteiger partial charge in [0.05, 0.1) is 0 Å². The van der Waals surface area contributed by atoms with Crippen molar-refractivity contribution in [3.8, 4) is 5.75 Å². The van der Waals surface area contributed by atoms with E-state index in [2.05, 4.69) is 10.6 Å². The van der Waals surface area contributed by atoms with Crippen molar-refractivity contribution < 1.29 is 14.3 Å². The van der Waals surface area contributed by atoms with Gasteiger partial charge in [0, 0.05) is 18.3 Å². The Labute approximate surface area is 148 Å². The third kappa shape index (κ3) is 5.35. The molecule has 2 rings (SSSR count). The van der Waals surface area contributed by atoms with Crippen molar-refractivity contribution in [3.05, 3.63) is 53.6 Å². The van der Waals surface area contributed by atoms with Gasteiger partial charge in [0.15, 0.2) is 6.10 Å². The van der Waals surface area contributed by atoms with Gasteiger partial charge < -0.3 is 15.4 Å². The number of nitrogens with one attached hydrogen (secondary N) is 2. The van der Waals surface area contributed by atoms with Crippen molar-refractivity contribution in [3.63, 3.8) is 0 Å². The summed E-state index contributed by atoms with van der Waals surface area (Å²) in [7, 11) is 0. The van der Waals surface area contributed by atoms with E-state index < -0.39 is 6.10 Å². The van der Waals surface area contributed by atoms with Gasteiger partial charge in [-0.2, -0.15) is 0 Å². The standard InChI is InChI=1S/C20H24N2O3/c1-5-18(25-19-11-13(2)9-10-14(19)3)20(24)22-17-8-6-7-16(12-17)21-15(4)23/h6-12,18H,5H2,1-4H3,(H,21,23)(H,22,24)/t18-/m0/s1. The van der Waals surface area contributed by atoms with E-state index in [9.17, 15) is 9.59 Å². The molecule has 0 saturated carbocycles. The predicted molar refractivity (Wildman–Crippen MR) is 100.0 cm³/mol. The Morgan fingerprint density at radius 2 is 1.72 bits per heavy atom. The van der Waals surface area contributed by atoms with E-state index in [4.69, 9.17) is 4.74 Å². The molecule has 0 aliphatic rings. The van der Waals surface area contributed by atoms with Crippen LogP contribution in [0.1, 0.15) is 31.4 Å². The van der Waals surface area contributed by atoms with Crippen LogP contribution in [-0.4, -0.2) is 17.9 Å². The highest BCUT2D eigenvalue weighted by molar-refractivity contribution is 5.95. The third-order valence-corrected chi connectivity index (χ3v) is 3.73. The number of carbonyl (C=O) groups is 2. The SMILES string of the molecule is CC[C@H](Oc1cc(C)ccc1C)C(=O)Nc1cccc(NC(C)=O)c1. The molecular weight excluding hydrogens is 316 g/mol. The van der Waals surface area contributed by atoms with E-state index >= 15 is 0 Å². The number of ether oxygens (including phenoxy) is 1. The van der Waals surface area contributed by atoms with Crippen LogP contribution in [0.2, 0.25) is 0 Å². The van der Waals surface area contributed by atoms with Crippen molar-refractivity contribution >= 4 is 23.2 Å². The maximum atomic E-state index is 12.6. The normalized spacial score (nSPS) is 11.5. The number of carbonyl (C=O) groups excluding carboxylic acids is 2. The van der Waals surface area contributed by atoms with Crippen molar-refractivity contribution in [2.45, 2.75) is 40.2 Å². The summed E-state index contributed by atoms with van der Waals surface area (Å²) in [5, 5.41) is 5.54. The number of hydrogen-bond acceptors (Lipinski definition) is 3. The zero-order valence-corrected chi connectivity index (χ0v) is 15.1. The van der Waals surface area contributed by atoms with Crippen molar-refractivity contribution in [1.82, 2.24) is 0 Å². The minimum absolute atomic E-state index is 0.159. The van der Waals surface area contributed by atoms with Crippen LogP contribution < -0.4 is 15.4 Å². The van der Waals surface area contributed by atoms with E-state index in [1.54, 1.807) is 24.3 Å². The quantitative estimate of drug-likeness (QED) is 0.833. The van der Waals surface area contributed by atoms with Crippen LogP contribution in [0.5, 0.6) is 5.75 Å². The Morgan fingerprint density at radius 3 is 2.36 bits per heavy atom. The molecule has 2 N–H and O–H groups in total. The first-order chi connectivity index (χ1) is 11.9. The first-order valence-electron chi connectivity index (χ1n) is 8.31. The average molecular weight is 340 g/mol. The molecule has 2 aromatic carbocycles. The van der Waals surface area contributed by atoms with E-state index in [-0.39, 0.29) is 11.8 Å². The molecule has 1 atom stereocenters. The van der Waals surface area contributed by atoms with E-state index in [0.717, 1.165) is 11.1 Å².